The molecule has 0 saturated carbocycles. The Hall–Kier alpha value is -3.29. The van der Waals surface area contributed by atoms with E-state index in [2.05, 4.69) is 38.7 Å². The summed E-state index contributed by atoms with van der Waals surface area (Å²) in [7, 11) is -2.96. The highest BCUT2D eigenvalue weighted by molar-refractivity contribution is 7.92. The minimum Gasteiger partial charge on any atom is -0.343 e. The van der Waals surface area contributed by atoms with Gasteiger partial charge in [0.05, 0.1) is 15.4 Å². The number of halogens is 3. The van der Waals surface area contributed by atoms with Crippen molar-refractivity contribution in [1.29, 1.82) is 0 Å². The summed E-state index contributed by atoms with van der Waals surface area (Å²) in [5.74, 6) is -1.45. The van der Waals surface area contributed by atoms with Gasteiger partial charge in [0.2, 0.25) is 12.2 Å². The number of aromatic nitrogens is 6. The minimum atomic E-state index is -4.75. The fourth-order valence-corrected chi connectivity index (χ4v) is 4.28. The maximum absolute atomic E-state index is 13.3. The Labute approximate surface area is 160 Å². The lowest BCUT2D eigenvalue weighted by Gasteiger charge is -2.06. The Kier molecular flexibility index (Phi) is 4.37. The predicted molar refractivity (Wildman–Crippen MR) is 91.0 cm³/mol. The molecule has 4 rings (SSSR count). The second-order valence-corrected chi connectivity index (χ2v) is 8.26. The highest BCUT2D eigenvalue weighted by Gasteiger charge is 2.38. The van der Waals surface area contributed by atoms with E-state index in [1.54, 1.807) is 13.0 Å². The van der Waals surface area contributed by atoms with E-state index in [4.69, 9.17) is 0 Å². The molecule has 0 aromatic carbocycles. The molecule has 0 radical (unpaired) electrons. The van der Waals surface area contributed by atoms with Gasteiger partial charge in [-0.2, -0.15) is 23.1 Å². The fourth-order valence-electron chi connectivity index (χ4n) is 2.69. The number of aryl methyl sites for hydroxylation is 1. The molecule has 1 unspecified atom stereocenters. The zero-order valence-electron chi connectivity index (χ0n) is 14.9. The van der Waals surface area contributed by atoms with Crippen molar-refractivity contribution >= 4 is 15.4 Å². The molecule has 10 nitrogen and oxygen atoms in total. The van der Waals surface area contributed by atoms with Crippen molar-refractivity contribution in [2.45, 2.75) is 24.7 Å². The molecular weight excluding hydrogens is 415 g/mol. The van der Waals surface area contributed by atoms with Gasteiger partial charge in [0.15, 0.2) is 5.82 Å². The van der Waals surface area contributed by atoms with Crippen LogP contribution >= 0.6 is 0 Å². The summed E-state index contributed by atoms with van der Waals surface area (Å²) < 4.78 is 65.9. The van der Waals surface area contributed by atoms with Crippen LogP contribution in [0.5, 0.6) is 0 Å². The first kappa shape index (κ1) is 19.0. The third kappa shape index (κ3) is 3.57. The summed E-state index contributed by atoms with van der Waals surface area (Å²) >= 11 is 0. The summed E-state index contributed by atoms with van der Waals surface area (Å²) in [6, 6.07) is 3.04. The molecule has 0 aliphatic carbocycles. The van der Waals surface area contributed by atoms with Crippen molar-refractivity contribution in [3.05, 3.63) is 42.1 Å². The lowest BCUT2D eigenvalue weighted by Crippen LogP contribution is -2.06. The van der Waals surface area contributed by atoms with Gasteiger partial charge in [0.1, 0.15) is 17.2 Å². The molecule has 14 heteroatoms. The number of imidazole rings is 1. The Morgan fingerprint density at radius 2 is 2.03 bits per heavy atom. The molecule has 152 valence electrons. The molecule has 0 aliphatic heterocycles. The predicted octanol–water partition coefficient (Wildman–Crippen LogP) is 2.75. The molecule has 0 fully saturated rings. The van der Waals surface area contributed by atoms with Gasteiger partial charge in [-0.3, -0.25) is 4.40 Å². The largest absolute Gasteiger partial charge is 0.471 e. The standard InChI is InChI=1S/C15H12F3N7O3S/c1-8-13(29(2,26)20-5-10-19-7-27-23-10)25-6-9(3-4-11(25)21-8)12-22-14(28-24-12)15(16,17)18/h3-4,6-7H,5H2,1-2H3. The van der Waals surface area contributed by atoms with E-state index in [0.717, 1.165) is 6.39 Å². The first-order valence-electron chi connectivity index (χ1n) is 7.98. The van der Waals surface area contributed by atoms with Gasteiger partial charge in [-0.25, -0.2) is 13.6 Å². The van der Waals surface area contributed by atoms with E-state index < -0.39 is 21.8 Å². The second-order valence-electron chi connectivity index (χ2n) is 6.01. The number of nitrogens with zero attached hydrogens (tertiary/aromatic N) is 7. The van der Waals surface area contributed by atoms with Crippen LogP contribution in [0, 0.1) is 6.92 Å². The summed E-state index contributed by atoms with van der Waals surface area (Å²) in [6.07, 6.45) is -0.763. The molecule has 4 aromatic rings. The molecule has 29 heavy (non-hydrogen) atoms. The smallest absolute Gasteiger partial charge is 0.343 e. The zero-order chi connectivity index (χ0) is 20.8. The monoisotopic (exact) mass is 427 g/mol. The van der Waals surface area contributed by atoms with Crippen molar-refractivity contribution in [3.8, 4) is 11.4 Å². The van der Waals surface area contributed by atoms with Gasteiger partial charge in [-0.05, 0) is 19.1 Å². The molecule has 0 N–H and O–H groups in total. The van der Waals surface area contributed by atoms with Gasteiger partial charge in [-0.1, -0.05) is 10.3 Å². The van der Waals surface area contributed by atoms with Crippen molar-refractivity contribution in [1.82, 2.24) is 29.7 Å². The summed E-state index contributed by atoms with van der Waals surface area (Å²) in [5.41, 5.74) is 1.12. The second kappa shape index (κ2) is 6.65. The van der Waals surface area contributed by atoms with Gasteiger partial charge in [0.25, 0.3) is 0 Å². The molecule has 0 amide bonds. The molecule has 0 bridgehead atoms. The molecule has 0 aliphatic rings. The highest BCUT2D eigenvalue weighted by atomic mass is 32.2. The van der Waals surface area contributed by atoms with Crippen LogP contribution in [0.3, 0.4) is 0 Å². The summed E-state index contributed by atoms with van der Waals surface area (Å²) in [4.78, 5) is 11.5. The van der Waals surface area contributed by atoms with E-state index >= 15 is 0 Å². The minimum absolute atomic E-state index is 0.0437. The normalized spacial score (nSPS) is 14.2. The average Bonchev–Trinajstić information content (AvgIpc) is 3.37. The van der Waals surface area contributed by atoms with Crippen LogP contribution in [0.2, 0.25) is 0 Å². The molecule has 0 spiro atoms. The topological polar surface area (TPSA) is 125 Å². The van der Waals surface area contributed by atoms with E-state index in [1.807, 2.05) is 0 Å². The molecule has 0 saturated heterocycles. The third-order valence-electron chi connectivity index (χ3n) is 3.88. The number of alkyl halides is 3. The number of fused-ring (bicyclic) bond motifs is 1. The van der Waals surface area contributed by atoms with Gasteiger partial charge < -0.3 is 9.05 Å². The maximum atomic E-state index is 13.3. The van der Waals surface area contributed by atoms with E-state index in [-0.39, 0.29) is 28.8 Å². The summed E-state index contributed by atoms with van der Waals surface area (Å²) in [6.45, 7) is 1.61. The number of rotatable bonds is 4. The van der Waals surface area contributed by atoms with Crippen molar-refractivity contribution in [2.75, 3.05) is 6.26 Å². The average molecular weight is 427 g/mol. The first-order chi connectivity index (χ1) is 13.6. The van der Waals surface area contributed by atoms with Crippen LogP contribution in [0.15, 0.2) is 43.2 Å². The Bertz CT molecular complexity index is 1300. The third-order valence-corrected chi connectivity index (χ3v) is 5.71. The molecule has 4 heterocycles. The number of pyridine rings is 1. The SMILES string of the molecule is Cc1nc2ccc(-c3noc(C(F)(F)F)n3)cn2c1S(C)(=O)=NCc1ncon1. The van der Waals surface area contributed by atoms with E-state index in [1.165, 1.54) is 22.9 Å². The van der Waals surface area contributed by atoms with Crippen LogP contribution in [-0.4, -0.2) is 40.1 Å². The zero-order valence-corrected chi connectivity index (χ0v) is 15.7. The van der Waals surface area contributed by atoms with Crippen molar-refractivity contribution in [3.63, 3.8) is 0 Å². The molecule has 1 atom stereocenters. The van der Waals surface area contributed by atoms with Gasteiger partial charge in [0, 0.05) is 18.0 Å². The maximum Gasteiger partial charge on any atom is 0.471 e. The number of hydrogen-bond donors (Lipinski definition) is 0. The van der Waals surface area contributed by atoms with Crippen molar-refractivity contribution in [2.24, 2.45) is 4.36 Å². The van der Waals surface area contributed by atoms with Gasteiger partial charge >= 0.3 is 12.1 Å². The highest BCUT2D eigenvalue weighted by Crippen LogP contribution is 2.30. The Morgan fingerprint density at radius 3 is 2.69 bits per heavy atom. The van der Waals surface area contributed by atoms with E-state index in [9.17, 15) is 17.4 Å². The van der Waals surface area contributed by atoms with Crippen LogP contribution < -0.4 is 0 Å². The van der Waals surface area contributed by atoms with E-state index in [0.29, 0.717) is 11.3 Å². The number of hydrogen-bond acceptors (Lipinski definition) is 9. The fraction of sp³-hybridized carbons (Fsp3) is 0.267. The Morgan fingerprint density at radius 1 is 1.24 bits per heavy atom. The lowest BCUT2D eigenvalue weighted by atomic mass is 10.3. The van der Waals surface area contributed by atoms with Crippen LogP contribution in [0.1, 0.15) is 17.4 Å². The molecular formula is C15H12F3N7O3S. The quantitative estimate of drug-likeness (QED) is 0.487. The van der Waals surface area contributed by atoms with Crippen LogP contribution in [0.25, 0.3) is 17.0 Å². The van der Waals surface area contributed by atoms with Crippen LogP contribution in [0.4, 0.5) is 13.2 Å². The molecule has 4 aromatic heterocycles. The van der Waals surface area contributed by atoms with Crippen molar-refractivity contribution < 1.29 is 26.4 Å². The lowest BCUT2D eigenvalue weighted by molar-refractivity contribution is -0.159. The first-order valence-corrected chi connectivity index (χ1v) is 9.90. The van der Waals surface area contributed by atoms with Crippen LogP contribution in [-0.2, 0) is 22.5 Å². The van der Waals surface area contributed by atoms with Gasteiger partial charge in [-0.15, -0.1) is 0 Å². The Balaban J connectivity index is 1.80. The summed E-state index contributed by atoms with van der Waals surface area (Å²) in [5, 5.41) is 7.27.